The van der Waals surface area contributed by atoms with Gasteiger partial charge in [-0.1, -0.05) is 31.5 Å². The number of β-amino-alcohol motifs (C(OH)–C–C–N with tert-alkyl or cyclic N) is 1. The highest BCUT2D eigenvalue weighted by molar-refractivity contribution is 6.33. The first-order valence-corrected chi connectivity index (χ1v) is 7.36. The van der Waals surface area contributed by atoms with E-state index in [4.69, 9.17) is 11.6 Å². The van der Waals surface area contributed by atoms with Crippen molar-refractivity contribution < 1.29 is 5.11 Å². The Morgan fingerprint density at radius 3 is 2.84 bits per heavy atom. The molecule has 0 saturated carbocycles. The summed E-state index contributed by atoms with van der Waals surface area (Å²) in [5.74, 6) is 0.654. The number of aliphatic hydroxyl groups is 1. The van der Waals surface area contributed by atoms with Crippen molar-refractivity contribution in [2.75, 3.05) is 24.5 Å². The second kappa shape index (κ2) is 6.60. The predicted molar refractivity (Wildman–Crippen MR) is 80.8 cm³/mol. The largest absolute Gasteiger partial charge is 0.391 e. The Morgan fingerprint density at radius 2 is 2.26 bits per heavy atom. The topological polar surface area (TPSA) is 35.5 Å². The molecule has 3 nitrogen and oxygen atoms in total. The smallest absolute Gasteiger partial charge is 0.0731 e. The van der Waals surface area contributed by atoms with E-state index in [1.807, 2.05) is 6.07 Å². The zero-order chi connectivity index (χ0) is 13.8. The van der Waals surface area contributed by atoms with Gasteiger partial charge in [-0.25, -0.2) is 0 Å². The van der Waals surface area contributed by atoms with Gasteiger partial charge in [0, 0.05) is 19.6 Å². The fourth-order valence-corrected chi connectivity index (χ4v) is 2.71. The zero-order valence-corrected chi connectivity index (χ0v) is 12.5. The number of hydrogen-bond acceptors (Lipinski definition) is 3. The second-order valence-electron chi connectivity index (χ2n) is 5.70. The van der Waals surface area contributed by atoms with Crippen molar-refractivity contribution >= 4 is 17.3 Å². The number of anilines is 1. The number of rotatable bonds is 5. The molecule has 2 rings (SSSR count). The van der Waals surface area contributed by atoms with Crippen LogP contribution < -0.4 is 10.2 Å². The minimum Gasteiger partial charge on any atom is -0.391 e. The summed E-state index contributed by atoms with van der Waals surface area (Å²) < 4.78 is 0. The van der Waals surface area contributed by atoms with E-state index >= 15 is 0 Å². The van der Waals surface area contributed by atoms with Crippen molar-refractivity contribution in [1.29, 1.82) is 0 Å². The Balaban J connectivity index is 1.97. The van der Waals surface area contributed by atoms with Gasteiger partial charge in [0.05, 0.1) is 16.8 Å². The highest BCUT2D eigenvalue weighted by Crippen LogP contribution is 2.29. The molecule has 0 aromatic heterocycles. The number of nitrogens with one attached hydrogen (secondary N) is 1. The average molecular weight is 283 g/mol. The molecule has 1 saturated heterocycles. The molecule has 1 aliphatic heterocycles. The van der Waals surface area contributed by atoms with E-state index in [2.05, 4.69) is 36.2 Å². The summed E-state index contributed by atoms with van der Waals surface area (Å²) in [5, 5.41) is 13.8. The van der Waals surface area contributed by atoms with E-state index in [0.717, 1.165) is 36.8 Å². The first-order valence-electron chi connectivity index (χ1n) is 6.98. The van der Waals surface area contributed by atoms with Crippen molar-refractivity contribution in [1.82, 2.24) is 5.32 Å². The van der Waals surface area contributed by atoms with Crippen LogP contribution in [0.1, 0.15) is 25.8 Å². The van der Waals surface area contributed by atoms with Gasteiger partial charge in [0.2, 0.25) is 0 Å². The van der Waals surface area contributed by atoms with Crippen LogP contribution in [-0.4, -0.2) is 30.8 Å². The van der Waals surface area contributed by atoms with Gasteiger partial charge in [0.15, 0.2) is 0 Å². The molecule has 2 N–H and O–H groups in total. The van der Waals surface area contributed by atoms with Gasteiger partial charge in [-0.15, -0.1) is 0 Å². The molecule has 1 aliphatic rings. The normalized spacial score (nSPS) is 19.4. The maximum absolute atomic E-state index is 9.58. The second-order valence-corrected chi connectivity index (χ2v) is 6.11. The summed E-state index contributed by atoms with van der Waals surface area (Å²) in [5.41, 5.74) is 2.24. The monoisotopic (exact) mass is 282 g/mol. The van der Waals surface area contributed by atoms with Crippen molar-refractivity contribution in [2.24, 2.45) is 5.92 Å². The van der Waals surface area contributed by atoms with Gasteiger partial charge in [0.1, 0.15) is 0 Å². The lowest BCUT2D eigenvalue weighted by Crippen LogP contribution is -2.22. The Labute approximate surface area is 120 Å². The zero-order valence-electron chi connectivity index (χ0n) is 11.7. The summed E-state index contributed by atoms with van der Waals surface area (Å²) >= 11 is 6.35. The molecule has 1 aromatic rings. The van der Waals surface area contributed by atoms with E-state index in [0.29, 0.717) is 12.5 Å². The number of halogens is 1. The van der Waals surface area contributed by atoms with Gasteiger partial charge in [-0.2, -0.15) is 0 Å². The lowest BCUT2D eigenvalue weighted by molar-refractivity contribution is 0.198. The molecule has 0 spiro atoms. The Hall–Kier alpha value is -0.770. The third-order valence-corrected chi connectivity index (χ3v) is 3.70. The minimum atomic E-state index is -0.219. The number of nitrogens with zero attached hydrogens (tertiary/aromatic N) is 1. The number of hydrogen-bond donors (Lipinski definition) is 2. The van der Waals surface area contributed by atoms with Crippen molar-refractivity contribution in [3.63, 3.8) is 0 Å². The van der Waals surface area contributed by atoms with Crippen LogP contribution in [0.4, 0.5) is 5.69 Å². The maximum Gasteiger partial charge on any atom is 0.0731 e. The highest BCUT2D eigenvalue weighted by atomic mass is 35.5. The van der Waals surface area contributed by atoms with Crippen LogP contribution in [0.2, 0.25) is 5.02 Å². The molecule has 0 aliphatic carbocycles. The number of aliphatic hydroxyl groups excluding tert-OH is 1. The van der Waals surface area contributed by atoms with E-state index in [-0.39, 0.29) is 6.10 Å². The van der Waals surface area contributed by atoms with Crippen LogP contribution in [0.3, 0.4) is 0 Å². The molecule has 1 fully saturated rings. The van der Waals surface area contributed by atoms with Crippen LogP contribution in [0.5, 0.6) is 0 Å². The summed E-state index contributed by atoms with van der Waals surface area (Å²) in [6.45, 7) is 7.82. The minimum absolute atomic E-state index is 0.219. The lowest BCUT2D eigenvalue weighted by atomic mass is 10.1. The quantitative estimate of drug-likeness (QED) is 0.872. The first kappa shape index (κ1) is 14.6. The average Bonchev–Trinajstić information content (AvgIpc) is 2.75. The molecule has 0 amide bonds. The van der Waals surface area contributed by atoms with Crippen molar-refractivity contribution in [3.8, 4) is 0 Å². The summed E-state index contributed by atoms with van der Waals surface area (Å²) in [7, 11) is 0. The van der Waals surface area contributed by atoms with Gasteiger partial charge in [0.25, 0.3) is 0 Å². The number of benzene rings is 1. The molecule has 4 heteroatoms. The molecule has 0 bridgehead atoms. The Morgan fingerprint density at radius 1 is 1.47 bits per heavy atom. The van der Waals surface area contributed by atoms with E-state index in [1.54, 1.807) is 0 Å². The fraction of sp³-hybridized carbons (Fsp3) is 0.600. The van der Waals surface area contributed by atoms with Gasteiger partial charge in [-0.05, 0) is 36.6 Å². The standard InChI is InChI=1S/C15H23ClN2O/c1-11(2)8-17-9-12-3-4-15(14(16)7-12)18-6-5-13(19)10-18/h3-4,7,11,13,17,19H,5-6,8-10H2,1-2H3. The fourth-order valence-electron chi connectivity index (χ4n) is 2.38. The molecular weight excluding hydrogens is 260 g/mol. The molecule has 0 radical (unpaired) electrons. The van der Waals surface area contributed by atoms with Crippen LogP contribution in [0.25, 0.3) is 0 Å². The molecule has 1 heterocycles. The van der Waals surface area contributed by atoms with Gasteiger partial charge < -0.3 is 15.3 Å². The van der Waals surface area contributed by atoms with Crippen LogP contribution in [-0.2, 0) is 6.54 Å². The summed E-state index contributed by atoms with van der Waals surface area (Å²) in [4.78, 5) is 2.15. The third-order valence-electron chi connectivity index (χ3n) is 3.40. The van der Waals surface area contributed by atoms with Crippen LogP contribution >= 0.6 is 11.6 Å². The molecule has 19 heavy (non-hydrogen) atoms. The predicted octanol–water partition coefficient (Wildman–Crippen LogP) is 2.66. The third kappa shape index (κ3) is 4.10. The summed E-state index contributed by atoms with van der Waals surface area (Å²) in [6, 6.07) is 6.20. The van der Waals surface area contributed by atoms with Crippen LogP contribution in [0.15, 0.2) is 18.2 Å². The highest BCUT2D eigenvalue weighted by Gasteiger charge is 2.21. The molecule has 1 unspecified atom stereocenters. The van der Waals surface area contributed by atoms with E-state index in [1.165, 1.54) is 5.56 Å². The van der Waals surface area contributed by atoms with Crippen molar-refractivity contribution in [2.45, 2.75) is 32.9 Å². The molecule has 106 valence electrons. The van der Waals surface area contributed by atoms with Gasteiger partial charge >= 0.3 is 0 Å². The van der Waals surface area contributed by atoms with Gasteiger partial charge in [-0.3, -0.25) is 0 Å². The molecule has 1 aromatic carbocycles. The lowest BCUT2D eigenvalue weighted by Gasteiger charge is -2.20. The van der Waals surface area contributed by atoms with Crippen molar-refractivity contribution in [3.05, 3.63) is 28.8 Å². The molecule has 1 atom stereocenters. The molecular formula is C15H23ClN2O. The van der Waals surface area contributed by atoms with E-state index in [9.17, 15) is 5.11 Å². The van der Waals surface area contributed by atoms with E-state index < -0.39 is 0 Å². The summed E-state index contributed by atoms with van der Waals surface area (Å²) in [6.07, 6.45) is 0.608. The SMILES string of the molecule is CC(C)CNCc1ccc(N2CCC(O)C2)c(Cl)c1. The maximum atomic E-state index is 9.58. The van der Waals surface area contributed by atoms with Crippen LogP contribution in [0, 0.1) is 5.92 Å². The first-order chi connectivity index (χ1) is 9.06. The Kier molecular flexibility index (Phi) is 5.08. The Bertz CT molecular complexity index is 423.